The van der Waals surface area contributed by atoms with Crippen LogP contribution in [0.3, 0.4) is 0 Å². The molecule has 0 saturated carbocycles. The van der Waals surface area contributed by atoms with Crippen LogP contribution in [0, 0.1) is 26.7 Å². The fourth-order valence-corrected chi connectivity index (χ4v) is 3.91. The number of unbranched alkanes of at least 4 members (excludes halogenated alkanes) is 2. The van der Waals surface area contributed by atoms with Crippen molar-refractivity contribution in [3.8, 4) is 11.5 Å². The van der Waals surface area contributed by atoms with Crippen molar-refractivity contribution in [2.45, 2.75) is 58.8 Å². The molecule has 0 saturated heterocycles. The first kappa shape index (κ1) is 20.1. The van der Waals surface area contributed by atoms with E-state index in [2.05, 4.69) is 31.0 Å². The quantitative estimate of drug-likeness (QED) is 0.659. The molecule has 0 radical (unpaired) electrons. The smallest absolute Gasteiger partial charge is 0.311 e. The van der Waals surface area contributed by atoms with Crippen LogP contribution in [-0.2, 0) is 10.2 Å². The second-order valence-corrected chi connectivity index (χ2v) is 7.65. The van der Waals surface area contributed by atoms with Gasteiger partial charge in [0.05, 0.1) is 11.3 Å². The molecule has 2 atom stereocenters. The molecule has 0 aliphatic heterocycles. The van der Waals surface area contributed by atoms with E-state index in [9.17, 15) is 9.90 Å². The monoisotopic (exact) mass is 380 g/mol. The summed E-state index contributed by atoms with van der Waals surface area (Å²) in [7, 11) is 0. The predicted molar refractivity (Wildman–Crippen MR) is 109 cm³/mol. The van der Waals surface area contributed by atoms with Crippen molar-refractivity contribution < 1.29 is 14.3 Å². The highest BCUT2D eigenvalue weighted by atomic mass is 16.4. The Morgan fingerprint density at radius 3 is 2.64 bits per heavy atom. The van der Waals surface area contributed by atoms with Crippen LogP contribution in [-0.4, -0.2) is 21.3 Å². The van der Waals surface area contributed by atoms with Crippen molar-refractivity contribution >= 4 is 5.97 Å². The fraction of sp³-hybridized carbons (Fsp3) is 0.435. The van der Waals surface area contributed by atoms with E-state index in [0.29, 0.717) is 18.2 Å². The number of aryl methyl sites for hydroxylation is 1. The lowest BCUT2D eigenvalue weighted by atomic mass is 9.69. The van der Waals surface area contributed by atoms with Gasteiger partial charge < -0.3 is 9.52 Å². The standard InChI is InChI=1S/C23H28N2O3/c1-5-6-8-13-23(14-9-7-10-19(23)21(26)27)22-25-24-20(28-22)18-12-11-15(2)16(3)17(18)4/h7,9-12,14,19H,5-6,8,13H2,1-4H3,(H,26,27). The maximum atomic E-state index is 12.0. The van der Waals surface area contributed by atoms with Crippen LogP contribution < -0.4 is 0 Å². The van der Waals surface area contributed by atoms with Crippen molar-refractivity contribution in [1.29, 1.82) is 0 Å². The minimum absolute atomic E-state index is 0.379. The zero-order chi connectivity index (χ0) is 20.3. The molecular weight excluding hydrogens is 352 g/mol. The molecule has 1 heterocycles. The maximum Gasteiger partial charge on any atom is 0.311 e. The Morgan fingerprint density at radius 2 is 1.93 bits per heavy atom. The molecule has 28 heavy (non-hydrogen) atoms. The lowest BCUT2D eigenvalue weighted by molar-refractivity contribution is -0.142. The predicted octanol–water partition coefficient (Wildman–Crippen LogP) is 5.31. The van der Waals surface area contributed by atoms with Crippen LogP contribution in [0.4, 0.5) is 0 Å². The van der Waals surface area contributed by atoms with Gasteiger partial charge in [-0.25, -0.2) is 0 Å². The summed E-state index contributed by atoms with van der Waals surface area (Å²) in [4.78, 5) is 12.0. The van der Waals surface area contributed by atoms with E-state index < -0.39 is 17.3 Å². The Bertz CT molecular complexity index is 926. The largest absolute Gasteiger partial charge is 0.481 e. The van der Waals surface area contributed by atoms with Gasteiger partial charge in [-0.1, -0.05) is 56.6 Å². The molecule has 1 aromatic carbocycles. The molecule has 1 aliphatic carbocycles. The van der Waals surface area contributed by atoms with Crippen molar-refractivity contribution in [3.63, 3.8) is 0 Å². The summed E-state index contributed by atoms with van der Waals surface area (Å²) in [6, 6.07) is 4.03. The molecule has 0 spiro atoms. The molecule has 5 heteroatoms. The van der Waals surface area contributed by atoms with Gasteiger partial charge >= 0.3 is 5.97 Å². The summed E-state index contributed by atoms with van der Waals surface area (Å²) in [6.07, 6.45) is 11.0. The van der Waals surface area contributed by atoms with E-state index in [1.54, 1.807) is 12.2 Å². The first-order chi connectivity index (χ1) is 13.4. The topological polar surface area (TPSA) is 76.2 Å². The third-order valence-corrected chi connectivity index (χ3v) is 5.93. The van der Waals surface area contributed by atoms with Gasteiger partial charge in [0.2, 0.25) is 11.8 Å². The first-order valence-corrected chi connectivity index (χ1v) is 9.90. The number of hydrogen-bond donors (Lipinski definition) is 1. The molecule has 0 fully saturated rings. The first-order valence-electron chi connectivity index (χ1n) is 9.90. The Hall–Kier alpha value is -2.69. The lowest BCUT2D eigenvalue weighted by Crippen LogP contribution is -2.39. The molecule has 0 amide bonds. The minimum atomic E-state index is -0.876. The van der Waals surface area contributed by atoms with Gasteiger partial charge in [-0.3, -0.25) is 4.79 Å². The fourth-order valence-electron chi connectivity index (χ4n) is 3.91. The minimum Gasteiger partial charge on any atom is -0.481 e. The second-order valence-electron chi connectivity index (χ2n) is 7.65. The van der Waals surface area contributed by atoms with Gasteiger partial charge in [-0.15, -0.1) is 10.2 Å². The summed E-state index contributed by atoms with van der Waals surface area (Å²) < 4.78 is 6.13. The van der Waals surface area contributed by atoms with Crippen LogP contribution >= 0.6 is 0 Å². The van der Waals surface area contributed by atoms with Gasteiger partial charge in [0.15, 0.2) is 0 Å². The number of aromatic nitrogens is 2. The zero-order valence-electron chi connectivity index (χ0n) is 17.0. The number of hydrogen-bond acceptors (Lipinski definition) is 4. The highest BCUT2D eigenvalue weighted by Gasteiger charge is 2.46. The van der Waals surface area contributed by atoms with Crippen LogP contribution in [0.5, 0.6) is 0 Å². The molecule has 1 N–H and O–H groups in total. The molecule has 2 unspecified atom stereocenters. The third kappa shape index (κ3) is 3.53. The number of carbonyl (C=O) groups is 1. The lowest BCUT2D eigenvalue weighted by Gasteiger charge is -2.33. The summed E-state index contributed by atoms with van der Waals surface area (Å²) in [5, 5.41) is 18.5. The van der Waals surface area contributed by atoms with Gasteiger partial charge in [-0.05, 0) is 49.9 Å². The van der Waals surface area contributed by atoms with Crippen molar-refractivity contribution in [2.75, 3.05) is 0 Å². The average molecular weight is 380 g/mol. The molecule has 5 nitrogen and oxygen atoms in total. The summed E-state index contributed by atoms with van der Waals surface area (Å²) in [5.41, 5.74) is 3.59. The van der Waals surface area contributed by atoms with Crippen molar-refractivity contribution in [2.24, 2.45) is 5.92 Å². The Morgan fingerprint density at radius 1 is 1.14 bits per heavy atom. The molecule has 148 valence electrons. The highest BCUT2D eigenvalue weighted by Crippen LogP contribution is 2.42. The van der Waals surface area contributed by atoms with E-state index in [-0.39, 0.29) is 0 Å². The number of carboxylic acids is 1. The van der Waals surface area contributed by atoms with Crippen LogP contribution in [0.25, 0.3) is 11.5 Å². The Labute approximate surface area is 166 Å². The summed E-state index contributed by atoms with van der Waals surface area (Å²) in [6.45, 7) is 8.32. The van der Waals surface area contributed by atoms with Gasteiger partial charge in [0.1, 0.15) is 0 Å². The zero-order valence-corrected chi connectivity index (χ0v) is 17.0. The van der Waals surface area contributed by atoms with E-state index >= 15 is 0 Å². The molecule has 1 aliphatic rings. The van der Waals surface area contributed by atoms with Crippen molar-refractivity contribution in [1.82, 2.24) is 10.2 Å². The number of carboxylic acid groups (broad SMARTS) is 1. The van der Waals surface area contributed by atoms with E-state index in [1.807, 2.05) is 31.2 Å². The highest BCUT2D eigenvalue weighted by molar-refractivity contribution is 5.76. The molecule has 3 rings (SSSR count). The average Bonchev–Trinajstić information content (AvgIpc) is 3.17. The van der Waals surface area contributed by atoms with Gasteiger partial charge in [0.25, 0.3) is 0 Å². The summed E-state index contributed by atoms with van der Waals surface area (Å²) in [5.74, 6) is -0.774. The Kier molecular flexibility index (Phi) is 5.82. The van der Waals surface area contributed by atoms with E-state index in [0.717, 1.165) is 30.4 Å². The number of aliphatic carboxylic acids is 1. The number of allylic oxidation sites excluding steroid dienone is 3. The molecule has 0 bridgehead atoms. The number of rotatable bonds is 7. The summed E-state index contributed by atoms with van der Waals surface area (Å²) >= 11 is 0. The number of benzene rings is 1. The van der Waals surface area contributed by atoms with E-state index in [1.165, 1.54) is 11.1 Å². The van der Waals surface area contributed by atoms with Crippen LogP contribution in [0.15, 0.2) is 40.9 Å². The maximum absolute atomic E-state index is 12.0. The molecule has 2 aromatic rings. The molecular formula is C23H28N2O3. The van der Waals surface area contributed by atoms with Crippen LogP contribution in [0.2, 0.25) is 0 Å². The van der Waals surface area contributed by atoms with Gasteiger partial charge in [-0.2, -0.15) is 0 Å². The molecule has 1 aromatic heterocycles. The second kappa shape index (κ2) is 8.13. The SMILES string of the molecule is CCCCCC1(c2nnc(-c3ccc(C)c(C)c3C)o2)C=CC=CC1C(=O)O. The number of nitrogens with zero attached hydrogens (tertiary/aromatic N) is 2. The van der Waals surface area contributed by atoms with Crippen LogP contribution in [0.1, 0.15) is 55.2 Å². The third-order valence-electron chi connectivity index (χ3n) is 5.93. The van der Waals surface area contributed by atoms with Gasteiger partial charge in [0, 0.05) is 5.56 Å². The van der Waals surface area contributed by atoms with E-state index in [4.69, 9.17) is 4.42 Å². The normalized spacial score (nSPS) is 21.2. The Balaban J connectivity index is 2.06. The van der Waals surface area contributed by atoms with Crippen molar-refractivity contribution in [3.05, 3.63) is 59.0 Å².